The number of halogens is 3. The third-order valence-corrected chi connectivity index (χ3v) is 7.08. The fourth-order valence-corrected chi connectivity index (χ4v) is 5.35. The number of carbonyl (C=O) groups excluding carboxylic acids is 1. The summed E-state index contributed by atoms with van der Waals surface area (Å²) in [6, 6.07) is 4.75. The Hall–Kier alpha value is -1.23. The molecule has 0 radical (unpaired) electrons. The maximum Gasteiger partial charge on any atom is 0.258 e. The molecule has 3 rings (SSSR count). The highest BCUT2D eigenvalue weighted by Gasteiger charge is 2.29. The molecule has 26 heavy (non-hydrogen) atoms. The van der Waals surface area contributed by atoms with Crippen molar-refractivity contribution >= 4 is 56.2 Å². The van der Waals surface area contributed by atoms with Crippen molar-refractivity contribution in [3.8, 4) is 0 Å². The van der Waals surface area contributed by atoms with Gasteiger partial charge in [0.25, 0.3) is 5.91 Å². The largest absolute Gasteiger partial charge is 0.379 e. The molecule has 1 aliphatic rings. The third kappa shape index (κ3) is 4.03. The zero-order valence-corrected chi connectivity index (χ0v) is 16.3. The lowest BCUT2D eigenvalue weighted by atomic mass is 10.2. The summed E-state index contributed by atoms with van der Waals surface area (Å²) < 4.78 is 46.3. The van der Waals surface area contributed by atoms with Gasteiger partial charge >= 0.3 is 0 Å². The van der Waals surface area contributed by atoms with Crippen molar-refractivity contribution in [3.05, 3.63) is 44.3 Å². The number of ether oxygens (including phenoxy) is 1. The molecule has 0 saturated carbocycles. The quantitative estimate of drug-likeness (QED) is 0.792. The summed E-state index contributed by atoms with van der Waals surface area (Å²) in [6.45, 7) is 0.770. The first-order chi connectivity index (χ1) is 12.3. The number of thiophene rings is 1. The number of carbonyl (C=O) groups is 1. The number of hydrogen-bond donors (Lipinski definition) is 1. The molecule has 1 amide bonds. The maximum absolute atomic E-state index is 14.2. The van der Waals surface area contributed by atoms with E-state index in [2.05, 4.69) is 5.32 Å². The molecule has 1 saturated heterocycles. The van der Waals surface area contributed by atoms with Gasteiger partial charge in [0, 0.05) is 18.8 Å². The number of rotatable bonds is 4. The summed E-state index contributed by atoms with van der Waals surface area (Å²) in [7, 11) is -4.04. The Morgan fingerprint density at radius 3 is 2.54 bits per heavy atom. The molecule has 0 bridgehead atoms. The molecule has 0 unspecified atom stereocenters. The number of anilines is 1. The molecule has 0 atom stereocenters. The average molecular weight is 439 g/mol. The van der Waals surface area contributed by atoms with Crippen LogP contribution in [0.15, 0.2) is 29.2 Å². The SMILES string of the molecule is O=C(Nc1ccc(F)c(S(=O)(=O)N2CCOCC2)c1)c1cc(Cl)sc1Cl. The number of sulfonamides is 1. The Morgan fingerprint density at radius 1 is 1.23 bits per heavy atom. The zero-order chi connectivity index (χ0) is 18.9. The van der Waals surface area contributed by atoms with Gasteiger partial charge in [0.05, 0.1) is 23.1 Å². The standard InChI is InChI=1S/C15H13Cl2FN2O4S2/c16-13-8-10(14(17)25-13)15(21)19-9-1-2-11(18)12(7-9)26(22,23)20-3-5-24-6-4-20/h1-2,7-8H,3-6H2,(H,19,21). The van der Waals surface area contributed by atoms with E-state index in [1.807, 2.05) is 0 Å². The van der Waals surface area contributed by atoms with Crippen LogP contribution in [-0.4, -0.2) is 44.9 Å². The first-order valence-corrected chi connectivity index (χ1v) is 10.4. The van der Waals surface area contributed by atoms with Gasteiger partial charge in [-0.1, -0.05) is 23.2 Å². The van der Waals surface area contributed by atoms with Crippen molar-refractivity contribution in [1.29, 1.82) is 0 Å². The van der Waals surface area contributed by atoms with E-state index >= 15 is 0 Å². The Bertz CT molecular complexity index is 943. The van der Waals surface area contributed by atoms with E-state index in [4.69, 9.17) is 27.9 Å². The Labute approximate surface area is 163 Å². The third-order valence-electron chi connectivity index (χ3n) is 3.68. The summed E-state index contributed by atoms with van der Waals surface area (Å²) in [5.74, 6) is -1.47. The smallest absolute Gasteiger partial charge is 0.258 e. The second-order valence-electron chi connectivity index (χ2n) is 5.35. The minimum Gasteiger partial charge on any atom is -0.379 e. The number of morpholine rings is 1. The fourth-order valence-electron chi connectivity index (χ4n) is 2.40. The van der Waals surface area contributed by atoms with Crippen LogP contribution in [0.5, 0.6) is 0 Å². The van der Waals surface area contributed by atoms with E-state index < -0.39 is 26.6 Å². The number of nitrogens with zero attached hydrogens (tertiary/aromatic N) is 1. The fraction of sp³-hybridized carbons (Fsp3) is 0.267. The van der Waals surface area contributed by atoms with Gasteiger partial charge in [0.15, 0.2) is 0 Å². The second kappa shape index (κ2) is 7.79. The molecule has 140 valence electrons. The Morgan fingerprint density at radius 2 is 1.92 bits per heavy atom. The summed E-state index contributed by atoms with van der Waals surface area (Å²) in [4.78, 5) is 11.8. The van der Waals surface area contributed by atoms with Crippen LogP contribution in [0.25, 0.3) is 0 Å². The summed E-state index contributed by atoms with van der Waals surface area (Å²) in [5.41, 5.74) is 0.283. The highest BCUT2D eigenvalue weighted by Crippen LogP contribution is 2.32. The Kier molecular flexibility index (Phi) is 5.85. The van der Waals surface area contributed by atoms with Crippen molar-refractivity contribution in [1.82, 2.24) is 4.31 Å². The van der Waals surface area contributed by atoms with Gasteiger partial charge in [-0.3, -0.25) is 4.79 Å². The van der Waals surface area contributed by atoms with Gasteiger partial charge in [-0.05, 0) is 24.3 Å². The van der Waals surface area contributed by atoms with Crippen molar-refractivity contribution in [2.24, 2.45) is 0 Å². The first-order valence-electron chi connectivity index (χ1n) is 7.42. The predicted octanol–water partition coefficient (Wildman–Crippen LogP) is 3.47. The molecule has 2 aromatic rings. The molecular formula is C15H13Cl2FN2O4S2. The number of benzene rings is 1. The van der Waals surface area contributed by atoms with Crippen LogP contribution in [0, 0.1) is 5.82 Å². The topological polar surface area (TPSA) is 75.7 Å². The van der Waals surface area contributed by atoms with Crippen molar-refractivity contribution < 1.29 is 22.3 Å². The van der Waals surface area contributed by atoms with E-state index in [0.717, 1.165) is 27.8 Å². The van der Waals surface area contributed by atoms with Crippen molar-refractivity contribution in [2.75, 3.05) is 31.6 Å². The zero-order valence-electron chi connectivity index (χ0n) is 13.2. The summed E-state index contributed by atoms with van der Waals surface area (Å²) >= 11 is 12.8. The van der Waals surface area contributed by atoms with E-state index in [1.165, 1.54) is 12.1 Å². The molecule has 1 fully saturated rings. The average Bonchev–Trinajstić information content (AvgIpc) is 2.95. The summed E-state index contributed by atoms with van der Waals surface area (Å²) in [6.07, 6.45) is 0. The maximum atomic E-state index is 14.2. The van der Waals surface area contributed by atoms with Crippen LogP contribution in [0.4, 0.5) is 10.1 Å². The molecule has 1 N–H and O–H groups in total. The molecule has 1 aromatic heterocycles. The molecule has 1 aliphatic heterocycles. The first kappa shape index (κ1) is 19.5. The number of hydrogen-bond acceptors (Lipinski definition) is 5. The lowest BCUT2D eigenvalue weighted by Crippen LogP contribution is -2.40. The minimum absolute atomic E-state index is 0.127. The van der Waals surface area contributed by atoms with Gasteiger partial charge in [-0.25, -0.2) is 12.8 Å². The van der Waals surface area contributed by atoms with Crippen LogP contribution >= 0.6 is 34.5 Å². The predicted molar refractivity (Wildman–Crippen MR) is 98.3 cm³/mol. The lowest BCUT2D eigenvalue weighted by Gasteiger charge is -2.26. The van der Waals surface area contributed by atoms with Gasteiger partial charge in [0.2, 0.25) is 10.0 Å². The van der Waals surface area contributed by atoms with Crippen LogP contribution < -0.4 is 5.32 Å². The molecule has 0 aliphatic carbocycles. The molecule has 0 spiro atoms. The summed E-state index contributed by atoms with van der Waals surface area (Å²) in [5, 5.41) is 2.51. The highest BCUT2D eigenvalue weighted by molar-refractivity contribution is 7.89. The van der Waals surface area contributed by atoms with Gasteiger partial charge in [-0.2, -0.15) is 4.31 Å². The van der Waals surface area contributed by atoms with Crippen molar-refractivity contribution in [3.63, 3.8) is 0 Å². The second-order valence-corrected chi connectivity index (χ2v) is 9.55. The van der Waals surface area contributed by atoms with Crippen LogP contribution in [0.1, 0.15) is 10.4 Å². The lowest BCUT2D eigenvalue weighted by molar-refractivity contribution is 0.0729. The van der Waals surface area contributed by atoms with E-state index in [0.29, 0.717) is 4.34 Å². The molecule has 2 heterocycles. The molecule has 11 heteroatoms. The van der Waals surface area contributed by atoms with Crippen molar-refractivity contribution in [2.45, 2.75) is 4.90 Å². The molecular weight excluding hydrogens is 426 g/mol. The van der Waals surface area contributed by atoms with E-state index in [-0.39, 0.29) is 41.9 Å². The monoisotopic (exact) mass is 438 g/mol. The molecule has 6 nitrogen and oxygen atoms in total. The van der Waals surface area contributed by atoms with Gasteiger partial charge in [0.1, 0.15) is 15.0 Å². The van der Waals surface area contributed by atoms with E-state index in [1.54, 1.807) is 0 Å². The van der Waals surface area contributed by atoms with Crippen LogP contribution in [0.2, 0.25) is 8.67 Å². The minimum atomic E-state index is -4.04. The van der Waals surface area contributed by atoms with Crippen LogP contribution in [0.3, 0.4) is 0 Å². The Balaban J connectivity index is 1.88. The van der Waals surface area contributed by atoms with Gasteiger partial charge < -0.3 is 10.1 Å². The van der Waals surface area contributed by atoms with Gasteiger partial charge in [-0.15, -0.1) is 11.3 Å². The molecule has 1 aromatic carbocycles. The number of nitrogens with one attached hydrogen (secondary N) is 1. The normalized spacial score (nSPS) is 15.8. The highest BCUT2D eigenvalue weighted by atomic mass is 35.5. The number of amides is 1. The van der Waals surface area contributed by atoms with Crippen LogP contribution in [-0.2, 0) is 14.8 Å². The van der Waals surface area contributed by atoms with E-state index in [9.17, 15) is 17.6 Å².